The summed E-state index contributed by atoms with van der Waals surface area (Å²) in [7, 11) is 0. The van der Waals surface area contributed by atoms with Gasteiger partial charge in [0.15, 0.2) is 0 Å². The molecule has 0 atom stereocenters. The van der Waals surface area contributed by atoms with Gasteiger partial charge in [-0.1, -0.05) is 63.1 Å². The van der Waals surface area contributed by atoms with Crippen molar-refractivity contribution in [3.8, 4) is 17.0 Å². The molecular formula is C35H41N3O3S. The largest absolute Gasteiger partial charge is 0.489 e. The van der Waals surface area contributed by atoms with Gasteiger partial charge in [0, 0.05) is 37.1 Å². The first kappa shape index (κ1) is 29.8. The fraction of sp³-hybridized carbons (Fsp3) is 0.371. The summed E-state index contributed by atoms with van der Waals surface area (Å²) in [6.45, 7) is 9.23. The number of para-hydroxylation sites is 1. The Hall–Kier alpha value is -3.68. The molecule has 0 amide bonds. The molecule has 1 saturated heterocycles. The van der Waals surface area contributed by atoms with E-state index < -0.39 is 5.97 Å². The maximum atomic E-state index is 11.6. The average Bonchev–Trinajstić information content (AvgIpc) is 3.49. The Labute approximate surface area is 253 Å². The van der Waals surface area contributed by atoms with Crippen LogP contribution >= 0.6 is 11.3 Å². The monoisotopic (exact) mass is 583 g/mol. The molecule has 0 spiro atoms. The van der Waals surface area contributed by atoms with E-state index in [1.165, 1.54) is 36.8 Å². The van der Waals surface area contributed by atoms with Gasteiger partial charge in [-0.05, 0) is 66.3 Å². The Morgan fingerprint density at radius 2 is 1.62 bits per heavy atom. The normalized spacial score (nSPS) is 13.9. The van der Waals surface area contributed by atoms with Crippen LogP contribution in [0.3, 0.4) is 0 Å². The Bertz CT molecular complexity index is 1420. The van der Waals surface area contributed by atoms with Gasteiger partial charge in [0.05, 0.1) is 23.5 Å². The third kappa shape index (κ3) is 7.58. The number of nitrogens with zero attached hydrogens (tertiary/aromatic N) is 3. The molecule has 1 aliphatic heterocycles. The molecule has 42 heavy (non-hydrogen) atoms. The first-order chi connectivity index (χ1) is 20.5. The summed E-state index contributed by atoms with van der Waals surface area (Å²) in [6, 6.07) is 24.4. The fourth-order valence-electron chi connectivity index (χ4n) is 5.73. The van der Waals surface area contributed by atoms with Gasteiger partial charge in [-0.25, -0.2) is 9.78 Å². The van der Waals surface area contributed by atoms with Crippen LogP contribution in [0.25, 0.3) is 11.3 Å². The number of aromatic nitrogens is 1. The SMILES string of the molecule is CCCC(CCC)c1ccc(COc2ccc(-c3csc(CN4CCN(c5ccccc5C(=O)O)CC4)n3)cc2)cc1. The summed E-state index contributed by atoms with van der Waals surface area (Å²) in [6.07, 6.45) is 4.94. The van der Waals surface area contributed by atoms with Crippen molar-refractivity contribution in [1.29, 1.82) is 0 Å². The van der Waals surface area contributed by atoms with E-state index in [0.717, 1.165) is 60.4 Å². The molecule has 0 saturated carbocycles. The second-order valence-electron chi connectivity index (χ2n) is 11.0. The molecule has 0 unspecified atom stereocenters. The van der Waals surface area contributed by atoms with Crippen molar-refractivity contribution in [2.45, 2.75) is 58.6 Å². The predicted octanol–water partition coefficient (Wildman–Crippen LogP) is 8.09. The van der Waals surface area contributed by atoms with Crippen LogP contribution in [-0.4, -0.2) is 47.1 Å². The van der Waals surface area contributed by atoms with Crippen LogP contribution in [0.4, 0.5) is 5.69 Å². The molecule has 1 aromatic heterocycles. The van der Waals surface area contributed by atoms with Crippen molar-refractivity contribution in [1.82, 2.24) is 9.88 Å². The summed E-state index contributed by atoms with van der Waals surface area (Å²) in [5, 5.41) is 12.7. The van der Waals surface area contributed by atoms with Gasteiger partial charge < -0.3 is 14.7 Å². The Kier molecular flexibility index (Phi) is 10.3. The van der Waals surface area contributed by atoms with Crippen molar-refractivity contribution in [2.24, 2.45) is 0 Å². The highest BCUT2D eigenvalue weighted by Gasteiger charge is 2.22. The topological polar surface area (TPSA) is 65.9 Å². The molecule has 7 heteroatoms. The van der Waals surface area contributed by atoms with Gasteiger partial charge in [-0.2, -0.15) is 0 Å². The van der Waals surface area contributed by atoms with Crippen LogP contribution in [0, 0.1) is 0 Å². The van der Waals surface area contributed by atoms with Crippen molar-refractivity contribution in [3.05, 3.63) is 99.9 Å². The van der Waals surface area contributed by atoms with E-state index >= 15 is 0 Å². The molecule has 0 aliphatic carbocycles. The second-order valence-corrected chi connectivity index (χ2v) is 12.0. The van der Waals surface area contributed by atoms with E-state index in [4.69, 9.17) is 9.72 Å². The van der Waals surface area contributed by atoms with Crippen LogP contribution in [-0.2, 0) is 13.2 Å². The Balaban J connectivity index is 1.11. The minimum absolute atomic E-state index is 0.365. The van der Waals surface area contributed by atoms with Gasteiger partial charge in [0.25, 0.3) is 0 Å². The summed E-state index contributed by atoms with van der Waals surface area (Å²) < 4.78 is 6.08. The molecule has 1 N–H and O–H groups in total. The molecule has 4 aromatic rings. The van der Waals surface area contributed by atoms with Crippen LogP contribution < -0.4 is 9.64 Å². The van der Waals surface area contributed by atoms with Crippen LogP contribution in [0.1, 0.15) is 71.9 Å². The highest BCUT2D eigenvalue weighted by molar-refractivity contribution is 7.09. The second kappa shape index (κ2) is 14.5. The molecule has 2 heterocycles. The fourth-order valence-corrected chi connectivity index (χ4v) is 6.58. The third-order valence-electron chi connectivity index (χ3n) is 8.04. The van der Waals surface area contributed by atoms with E-state index in [9.17, 15) is 9.90 Å². The zero-order chi connectivity index (χ0) is 29.3. The van der Waals surface area contributed by atoms with Crippen LogP contribution in [0.2, 0.25) is 0 Å². The number of ether oxygens (including phenoxy) is 1. The lowest BCUT2D eigenvalue weighted by Gasteiger charge is -2.36. The van der Waals surface area contributed by atoms with E-state index in [2.05, 4.69) is 65.4 Å². The highest BCUT2D eigenvalue weighted by atomic mass is 32.1. The van der Waals surface area contributed by atoms with E-state index in [1.807, 2.05) is 24.3 Å². The minimum atomic E-state index is -0.879. The molecular weight excluding hydrogens is 542 g/mol. The van der Waals surface area contributed by atoms with Crippen molar-refractivity contribution in [3.63, 3.8) is 0 Å². The molecule has 6 nitrogen and oxygen atoms in total. The van der Waals surface area contributed by atoms with Gasteiger partial charge in [-0.15, -0.1) is 11.3 Å². The maximum absolute atomic E-state index is 11.6. The number of hydrogen-bond donors (Lipinski definition) is 1. The van der Waals surface area contributed by atoms with E-state index in [-0.39, 0.29) is 0 Å². The highest BCUT2D eigenvalue weighted by Crippen LogP contribution is 2.28. The number of thiazole rings is 1. The molecule has 1 aliphatic rings. The number of carboxylic acids is 1. The Morgan fingerprint density at radius 3 is 2.29 bits per heavy atom. The molecule has 1 fully saturated rings. The predicted molar refractivity (Wildman–Crippen MR) is 172 cm³/mol. The summed E-state index contributed by atoms with van der Waals surface area (Å²) in [5.74, 6) is 0.638. The Morgan fingerprint density at radius 1 is 0.929 bits per heavy atom. The van der Waals surface area contributed by atoms with Crippen molar-refractivity contribution in [2.75, 3.05) is 31.1 Å². The summed E-state index contributed by atoms with van der Waals surface area (Å²) in [5.41, 5.74) is 5.87. The van der Waals surface area contributed by atoms with Crippen molar-refractivity contribution >= 4 is 23.0 Å². The molecule has 0 radical (unpaired) electrons. The van der Waals surface area contributed by atoms with Gasteiger partial charge >= 0.3 is 5.97 Å². The number of piperazine rings is 1. The number of carboxylic acid groups (broad SMARTS) is 1. The lowest BCUT2D eigenvalue weighted by Crippen LogP contribution is -2.46. The minimum Gasteiger partial charge on any atom is -0.489 e. The molecule has 5 rings (SSSR count). The number of anilines is 1. The van der Waals surface area contributed by atoms with E-state index in [0.29, 0.717) is 18.1 Å². The van der Waals surface area contributed by atoms with Crippen LogP contribution in [0.5, 0.6) is 5.75 Å². The number of carbonyl (C=O) groups is 1. The summed E-state index contributed by atoms with van der Waals surface area (Å²) in [4.78, 5) is 21.1. The van der Waals surface area contributed by atoms with Crippen LogP contribution in [0.15, 0.2) is 78.2 Å². The first-order valence-corrected chi connectivity index (χ1v) is 16.0. The van der Waals surface area contributed by atoms with Gasteiger partial charge in [0.1, 0.15) is 17.4 Å². The molecule has 220 valence electrons. The molecule has 3 aromatic carbocycles. The third-order valence-corrected chi connectivity index (χ3v) is 8.87. The number of rotatable bonds is 13. The lowest BCUT2D eigenvalue weighted by molar-refractivity contribution is 0.0697. The quantitative estimate of drug-likeness (QED) is 0.172. The molecule has 0 bridgehead atoms. The zero-order valence-electron chi connectivity index (χ0n) is 24.7. The van der Waals surface area contributed by atoms with Gasteiger partial charge in [0.2, 0.25) is 0 Å². The van der Waals surface area contributed by atoms with E-state index in [1.54, 1.807) is 23.5 Å². The standard InChI is InChI=1S/C35H41N3O3S/c1-3-7-27(8-4-2)28-13-11-26(12-14-28)24-41-30-17-15-29(16-18-30)32-25-42-34(36-32)23-37-19-21-38(22-20-37)33-10-6-5-9-31(33)35(39)40/h5-6,9-18,25,27H,3-4,7-8,19-24H2,1-2H3,(H,39,40). The average molecular weight is 584 g/mol. The first-order valence-electron chi connectivity index (χ1n) is 15.1. The van der Waals surface area contributed by atoms with Gasteiger partial charge in [-0.3, -0.25) is 4.90 Å². The number of hydrogen-bond acceptors (Lipinski definition) is 6. The number of aromatic carboxylic acids is 1. The van der Waals surface area contributed by atoms with Crippen molar-refractivity contribution < 1.29 is 14.6 Å². The number of benzene rings is 3. The zero-order valence-corrected chi connectivity index (χ0v) is 25.5. The lowest BCUT2D eigenvalue weighted by atomic mass is 9.90. The summed E-state index contributed by atoms with van der Waals surface area (Å²) >= 11 is 1.69. The smallest absolute Gasteiger partial charge is 0.337 e. The maximum Gasteiger partial charge on any atom is 0.337 e.